The second-order valence-corrected chi connectivity index (χ2v) is 8.02. The van der Waals surface area contributed by atoms with E-state index in [-0.39, 0.29) is 18.0 Å². The summed E-state index contributed by atoms with van der Waals surface area (Å²) < 4.78 is 2.11. The number of carbonyl (C=O) groups excluding carboxylic acids is 1. The molecule has 2 aliphatic rings. The zero-order valence-electron chi connectivity index (χ0n) is 14.0. The van der Waals surface area contributed by atoms with Gasteiger partial charge in [0.2, 0.25) is 5.91 Å². The number of aromatic nitrogens is 2. The topological polar surface area (TPSA) is 41.4 Å². The van der Waals surface area contributed by atoms with Crippen LogP contribution in [-0.4, -0.2) is 39.0 Å². The third-order valence-corrected chi connectivity index (χ3v) is 6.18. The fraction of sp³-hybridized carbons (Fsp3) is 0.263. The molecule has 4 heterocycles. The predicted octanol–water partition coefficient (Wildman–Crippen LogP) is 3.58. The van der Waals surface area contributed by atoms with Gasteiger partial charge in [0.1, 0.15) is 0 Å². The number of thiazole rings is 1. The van der Waals surface area contributed by atoms with Gasteiger partial charge in [-0.3, -0.25) is 14.3 Å². The number of piperazine rings is 1. The molecule has 0 spiro atoms. The van der Waals surface area contributed by atoms with E-state index in [1.165, 1.54) is 0 Å². The number of benzene rings is 1. The highest BCUT2D eigenvalue weighted by Crippen LogP contribution is 2.37. The number of fused-ring (bicyclic) bond motifs is 2. The van der Waals surface area contributed by atoms with Crippen LogP contribution in [-0.2, 0) is 11.3 Å². The van der Waals surface area contributed by atoms with Gasteiger partial charge in [-0.25, -0.2) is 4.98 Å². The van der Waals surface area contributed by atoms with Crippen LogP contribution in [0.15, 0.2) is 54.2 Å². The normalized spacial score (nSPS) is 22.5. The molecule has 0 saturated carbocycles. The maximum atomic E-state index is 13.0. The van der Waals surface area contributed by atoms with E-state index in [1.54, 1.807) is 11.3 Å². The van der Waals surface area contributed by atoms with E-state index < -0.39 is 0 Å². The molecule has 132 valence electrons. The minimum atomic E-state index is -0.0568. The van der Waals surface area contributed by atoms with E-state index in [1.807, 2.05) is 53.0 Å². The molecule has 2 saturated heterocycles. The molecular weight excluding hydrogens is 368 g/mol. The minimum absolute atomic E-state index is 0.0568. The summed E-state index contributed by atoms with van der Waals surface area (Å²) in [7, 11) is 0. The molecule has 2 aliphatic heterocycles. The maximum Gasteiger partial charge on any atom is 0.244 e. The van der Waals surface area contributed by atoms with E-state index in [2.05, 4.69) is 20.5 Å². The van der Waals surface area contributed by atoms with Crippen molar-refractivity contribution < 1.29 is 4.79 Å². The molecule has 3 aromatic rings. The molecule has 1 amide bonds. The number of nitrogens with zero attached hydrogens (tertiary/aromatic N) is 4. The Morgan fingerprint density at radius 2 is 2.19 bits per heavy atom. The summed E-state index contributed by atoms with van der Waals surface area (Å²) in [6.45, 7) is 1.63. The van der Waals surface area contributed by atoms with Gasteiger partial charge in [-0.05, 0) is 36.8 Å². The van der Waals surface area contributed by atoms with Crippen molar-refractivity contribution in [3.8, 4) is 5.13 Å². The van der Waals surface area contributed by atoms with Crippen molar-refractivity contribution >= 4 is 34.5 Å². The average Bonchev–Trinajstić information content (AvgIpc) is 3.39. The predicted molar refractivity (Wildman–Crippen MR) is 103 cm³/mol. The second kappa shape index (κ2) is 6.23. The van der Waals surface area contributed by atoms with Gasteiger partial charge in [0, 0.05) is 47.3 Å². The van der Waals surface area contributed by atoms with Crippen LogP contribution in [0.3, 0.4) is 0 Å². The van der Waals surface area contributed by atoms with Crippen molar-refractivity contribution in [1.29, 1.82) is 0 Å². The van der Waals surface area contributed by atoms with Crippen LogP contribution in [0.25, 0.3) is 5.13 Å². The first-order chi connectivity index (χ1) is 12.7. The summed E-state index contributed by atoms with van der Waals surface area (Å²) in [6.07, 6.45) is 4.72. The molecule has 0 aliphatic carbocycles. The van der Waals surface area contributed by atoms with Crippen LogP contribution in [0, 0.1) is 0 Å². The number of carbonyl (C=O) groups is 1. The van der Waals surface area contributed by atoms with Crippen LogP contribution in [0.2, 0.25) is 5.02 Å². The fourth-order valence-electron chi connectivity index (χ4n) is 4.08. The third-order valence-electron chi connectivity index (χ3n) is 5.18. The van der Waals surface area contributed by atoms with Crippen LogP contribution >= 0.6 is 22.9 Å². The lowest BCUT2D eigenvalue weighted by Gasteiger charge is -2.34. The highest BCUT2D eigenvalue weighted by atomic mass is 35.5. The average molecular weight is 385 g/mol. The molecule has 5 nitrogen and oxygen atoms in total. The van der Waals surface area contributed by atoms with E-state index in [0.717, 1.165) is 36.0 Å². The van der Waals surface area contributed by atoms with Crippen LogP contribution in [0.4, 0.5) is 5.69 Å². The third kappa shape index (κ3) is 2.57. The molecule has 5 rings (SSSR count). The largest absolute Gasteiger partial charge is 0.307 e. The molecule has 0 radical (unpaired) electrons. The Bertz CT molecular complexity index is 954. The highest BCUT2D eigenvalue weighted by molar-refractivity contribution is 7.12. The van der Waals surface area contributed by atoms with E-state index in [4.69, 9.17) is 11.6 Å². The first-order valence-electron chi connectivity index (χ1n) is 8.59. The highest BCUT2D eigenvalue weighted by Gasteiger charge is 2.50. The lowest BCUT2D eigenvalue weighted by molar-refractivity contribution is -0.122. The van der Waals surface area contributed by atoms with Crippen molar-refractivity contribution in [2.24, 2.45) is 0 Å². The van der Waals surface area contributed by atoms with E-state index in [9.17, 15) is 4.79 Å². The number of hydrogen-bond donors (Lipinski definition) is 0. The number of hydrogen-bond acceptors (Lipinski definition) is 4. The number of amides is 1. The van der Waals surface area contributed by atoms with Gasteiger partial charge < -0.3 is 4.90 Å². The summed E-state index contributed by atoms with van der Waals surface area (Å²) in [5, 5.41) is 3.60. The molecule has 2 fully saturated rings. The Hall–Kier alpha value is -2.15. The summed E-state index contributed by atoms with van der Waals surface area (Å²) in [5.74, 6) is 0.177. The molecule has 2 atom stereocenters. The van der Waals surface area contributed by atoms with Gasteiger partial charge in [-0.2, -0.15) is 0 Å². The lowest BCUT2D eigenvalue weighted by atomic mass is 10.2. The van der Waals surface area contributed by atoms with Gasteiger partial charge in [-0.1, -0.05) is 17.7 Å². The smallest absolute Gasteiger partial charge is 0.244 e. The number of likely N-dealkylation sites (tertiary alicyclic amines) is 1. The Morgan fingerprint density at radius 3 is 2.96 bits per heavy atom. The SMILES string of the molecule is O=C1[C@@H]2C[C@@H](CN2Cc2cccn2-c2nccs2)N1c1cccc(Cl)c1. The first-order valence-corrected chi connectivity index (χ1v) is 9.85. The summed E-state index contributed by atoms with van der Waals surface area (Å²) in [6, 6.07) is 11.9. The molecule has 1 aromatic carbocycles. The molecule has 2 aromatic heterocycles. The van der Waals surface area contributed by atoms with Crippen molar-refractivity contribution in [3.05, 3.63) is 64.9 Å². The van der Waals surface area contributed by atoms with Gasteiger partial charge in [0.25, 0.3) is 0 Å². The van der Waals surface area contributed by atoms with Crippen molar-refractivity contribution in [3.63, 3.8) is 0 Å². The van der Waals surface area contributed by atoms with Gasteiger partial charge in [0.05, 0.1) is 12.1 Å². The molecule has 7 heteroatoms. The van der Waals surface area contributed by atoms with E-state index >= 15 is 0 Å². The zero-order valence-corrected chi connectivity index (χ0v) is 15.5. The number of halogens is 1. The molecule has 0 N–H and O–H groups in total. The molecule has 26 heavy (non-hydrogen) atoms. The second-order valence-electron chi connectivity index (χ2n) is 6.71. The van der Waals surface area contributed by atoms with Crippen molar-refractivity contribution in [2.45, 2.75) is 25.0 Å². The molecule has 2 bridgehead atoms. The van der Waals surface area contributed by atoms with Gasteiger partial charge in [0.15, 0.2) is 5.13 Å². The maximum absolute atomic E-state index is 13.0. The fourth-order valence-corrected chi connectivity index (χ4v) is 4.92. The summed E-state index contributed by atoms with van der Waals surface area (Å²) in [5.41, 5.74) is 2.07. The monoisotopic (exact) mass is 384 g/mol. The Labute approximate surface area is 160 Å². The first kappa shape index (κ1) is 16.1. The lowest BCUT2D eigenvalue weighted by Crippen LogP contribution is -2.50. The number of anilines is 1. The molecular formula is C19H17ClN4OS. The van der Waals surface area contributed by atoms with Gasteiger partial charge in [-0.15, -0.1) is 11.3 Å². The van der Waals surface area contributed by atoms with E-state index in [0.29, 0.717) is 5.02 Å². The van der Waals surface area contributed by atoms with Crippen LogP contribution < -0.4 is 4.90 Å². The Morgan fingerprint density at radius 1 is 1.27 bits per heavy atom. The summed E-state index contributed by atoms with van der Waals surface area (Å²) >= 11 is 7.72. The van der Waals surface area contributed by atoms with Crippen LogP contribution in [0.5, 0.6) is 0 Å². The zero-order chi connectivity index (χ0) is 17.7. The molecule has 0 unspecified atom stereocenters. The van der Waals surface area contributed by atoms with Crippen LogP contribution in [0.1, 0.15) is 12.1 Å². The number of rotatable bonds is 4. The summed E-state index contributed by atoms with van der Waals surface area (Å²) in [4.78, 5) is 21.6. The van der Waals surface area contributed by atoms with Gasteiger partial charge >= 0.3 is 0 Å². The van der Waals surface area contributed by atoms with Crippen molar-refractivity contribution in [1.82, 2.24) is 14.5 Å². The van der Waals surface area contributed by atoms with Crippen molar-refractivity contribution in [2.75, 3.05) is 11.4 Å². The Kier molecular flexibility index (Phi) is 3.85. The standard InChI is InChI=1S/C19H17ClN4OS/c20-13-3-1-4-14(9-13)24-16-10-17(18(24)25)22(12-16)11-15-5-2-7-23(15)19-21-6-8-26-19/h1-9,16-17H,10-12H2/t16-,17-/m0/s1. The quantitative estimate of drug-likeness (QED) is 0.690. The minimum Gasteiger partial charge on any atom is -0.307 e. The Balaban J connectivity index is 1.36.